The van der Waals surface area contributed by atoms with E-state index >= 15 is 0 Å². The number of nitrogens with one attached hydrogen (secondary N) is 1. The van der Waals surface area contributed by atoms with Gasteiger partial charge in [0.05, 0.1) is 5.41 Å². The summed E-state index contributed by atoms with van der Waals surface area (Å²) < 4.78 is 64.3. The van der Waals surface area contributed by atoms with E-state index in [1.54, 1.807) is 0 Å². The first-order chi connectivity index (χ1) is 9.25. The highest BCUT2D eigenvalue weighted by atomic mass is 79.9. The maximum atomic E-state index is 12.9. The van der Waals surface area contributed by atoms with Crippen molar-refractivity contribution in [1.82, 2.24) is 4.98 Å². The quantitative estimate of drug-likeness (QED) is 0.772. The van der Waals surface area contributed by atoms with E-state index in [0.717, 1.165) is 12.3 Å². The number of pyridine rings is 1. The number of alkyl halides is 5. The maximum Gasteiger partial charge on any atom is 0.396 e. The highest BCUT2D eigenvalue weighted by Crippen LogP contribution is 2.52. The summed E-state index contributed by atoms with van der Waals surface area (Å²) in [7, 11) is 0. The van der Waals surface area contributed by atoms with Crippen molar-refractivity contribution in [2.24, 2.45) is 5.41 Å². The van der Waals surface area contributed by atoms with E-state index in [1.165, 1.54) is 0 Å². The molecule has 1 aliphatic carbocycles. The molecule has 0 saturated heterocycles. The average molecular weight is 359 g/mol. The van der Waals surface area contributed by atoms with E-state index in [2.05, 4.69) is 26.2 Å². The molecule has 0 aliphatic heterocycles. The molecule has 0 atom stereocenters. The minimum absolute atomic E-state index is 0.0269. The van der Waals surface area contributed by atoms with Gasteiger partial charge >= 0.3 is 6.18 Å². The summed E-state index contributed by atoms with van der Waals surface area (Å²) in [5.41, 5.74) is -2.05. The van der Waals surface area contributed by atoms with Crippen molar-refractivity contribution >= 4 is 21.7 Å². The molecule has 1 saturated carbocycles. The Labute approximate surface area is 120 Å². The zero-order valence-electron chi connectivity index (χ0n) is 10.3. The Morgan fingerprint density at radius 3 is 2.45 bits per heavy atom. The fourth-order valence-corrected chi connectivity index (χ4v) is 2.53. The second kappa shape index (κ2) is 5.46. The average Bonchev–Trinajstić information content (AvgIpc) is 2.27. The van der Waals surface area contributed by atoms with Crippen LogP contribution < -0.4 is 5.32 Å². The lowest BCUT2D eigenvalue weighted by molar-refractivity contribution is -0.244. The number of nitrogens with zero attached hydrogens (tertiary/aromatic N) is 1. The van der Waals surface area contributed by atoms with Gasteiger partial charge in [0, 0.05) is 22.8 Å². The van der Waals surface area contributed by atoms with Gasteiger partial charge in [-0.05, 0) is 34.8 Å². The molecule has 1 fully saturated rings. The number of hydrogen-bond donors (Lipinski definition) is 1. The fourth-order valence-electron chi connectivity index (χ4n) is 2.14. The van der Waals surface area contributed by atoms with E-state index in [-0.39, 0.29) is 35.2 Å². The van der Waals surface area contributed by atoms with Gasteiger partial charge in [0.2, 0.25) is 0 Å². The summed E-state index contributed by atoms with van der Waals surface area (Å²) in [5.74, 6) is 0.0269. The van der Waals surface area contributed by atoms with Crippen molar-refractivity contribution in [3.63, 3.8) is 0 Å². The largest absolute Gasteiger partial charge is 0.396 e. The summed E-state index contributed by atoms with van der Waals surface area (Å²) in [6.07, 6.45) is -5.21. The monoisotopic (exact) mass is 358 g/mol. The maximum absolute atomic E-state index is 12.9. The summed E-state index contributed by atoms with van der Waals surface area (Å²) in [6.45, 7) is -0.339. The third kappa shape index (κ3) is 2.89. The molecule has 1 aromatic heterocycles. The van der Waals surface area contributed by atoms with Crippen LogP contribution in [-0.4, -0.2) is 17.7 Å². The standard InChI is InChI=1S/C12H12BrF5N2/c13-8-5-19-9(4-7(8)10(14)15)20-6-11(2-1-3-11)12(16,17)18/h4-5,10H,1-3,6H2,(H,19,20). The molecule has 0 bridgehead atoms. The lowest BCUT2D eigenvalue weighted by Crippen LogP contribution is -2.48. The SMILES string of the molecule is FC(F)c1cc(NCC2(C(F)(F)F)CCC2)ncc1Br. The Hall–Kier alpha value is -0.920. The summed E-state index contributed by atoms with van der Waals surface area (Å²) in [6, 6.07) is 1.07. The third-order valence-electron chi connectivity index (χ3n) is 3.64. The van der Waals surface area contributed by atoms with Crippen LogP contribution in [-0.2, 0) is 0 Å². The first kappa shape index (κ1) is 15.5. The predicted octanol–water partition coefficient (Wildman–Crippen LogP) is 4.93. The van der Waals surface area contributed by atoms with Crippen molar-refractivity contribution in [2.45, 2.75) is 31.9 Å². The third-order valence-corrected chi connectivity index (χ3v) is 4.30. The molecule has 1 aromatic rings. The van der Waals surface area contributed by atoms with E-state index in [9.17, 15) is 22.0 Å². The Balaban J connectivity index is 2.09. The highest BCUT2D eigenvalue weighted by molar-refractivity contribution is 9.10. The molecule has 2 rings (SSSR count). The molecule has 20 heavy (non-hydrogen) atoms. The van der Waals surface area contributed by atoms with Gasteiger partial charge in [-0.3, -0.25) is 0 Å². The lowest BCUT2D eigenvalue weighted by Gasteiger charge is -2.43. The van der Waals surface area contributed by atoms with Gasteiger partial charge in [0.1, 0.15) is 5.82 Å². The van der Waals surface area contributed by atoms with Gasteiger partial charge in [-0.15, -0.1) is 0 Å². The Morgan fingerprint density at radius 1 is 1.35 bits per heavy atom. The summed E-state index contributed by atoms with van der Waals surface area (Å²) >= 11 is 2.93. The predicted molar refractivity (Wildman–Crippen MR) is 67.7 cm³/mol. The molecular weight excluding hydrogens is 347 g/mol. The number of halogens is 6. The first-order valence-corrected chi connectivity index (χ1v) is 6.79. The molecule has 1 aliphatic rings. The van der Waals surface area contributed by atoms with Crippen LogP contribution in [0.5, 0.6) is 0 Å². The van der Waals surface area contributed by atoms with Crippen LogP contribution >= 0.6 is 15.9 Å². The minimum Gasteiger partial charge on any atom is -0.369 e. The molecule has 1 N–H and O–H groups in total. The molecular formula is C12H12BrF5N2. The van der Waals surface area contributed by atoms with Crippen molar-refractivity contribution in [1.29, 1.82) is 0 Å². The number of hydrogen-bond acceptors (Lipinski definition) is 2. The first-order valence-electron chi connectivity index (χ1n) is 5.99. The Kier molecular flexibility index (Phi) is 4.22. The van der Waals surface area contributed by atoms with Crippen LogP contribution in [0, 0.1) is 5.41 Å². The van der Waals surface area contributed by atoms with Crippen LogP contribution in [0.3, 0.4) is 0 Å². The van der Waals surface area contributed by atoms with E-state index in [0.29, 0.717) is 6.42 Å². The zero-order valence-corrected chi connectivity index (χ0v) is 11.9. The Morgan fingerprint density at radius 2 is 2.00 bits per heavy atom. The van der Waals surface area contributed by atoms with Crippen molar-refractivity contribution < 1.29 is 22.0 Å². The topological polar surface area (TPSA) is 24.9 Å². The van der Waals surface area contributed by atoms with Crippen LogP contribution in [0.4, 0.5) is 27.8 Å². The molecule has 0 aromatic carbocycles. The molecule has 1 heterocycles. The number of anilines is 1. The molecule has 0 spiro atoms. The second-order valence-electron chi connectivity index (χ2n) is 4.88. The molecule has 0 amide bonds. The highest BCUT2D eigenvalue weighted by Gasteiger charge is 2.57. The van der Waals surface area contributed by atoms with E-state index in [1.807, 2.05) is 0 Å². The molecule has 112 valence electrons. The minimum atomic E-state index is -4.29. The second-order valence-corrected chi connectivity index (χ2v) is 5.73. The van der Waals surface area contributed by atoms with Gasteiger partial charge in [-0.2, -0.15) is 13.2 Å². The van der Waals surface area contributed by atoms with Crippen molar-refractivity contribution in [2.75, 3.05) is 11.9 Å². The van der Waals surface area contributed by atoms with Gasteiger partial charge < -0.3 is 5.32 Å². The van der Waals surface area contributed by atoms with Crippen LogP contribution in [0.15, 0.2) is 16.7 Å². The molecule has 2 nitrogen and oxygen atoms in total. The summed E-state index contributed by atoms with van der Waals surface area (Å²) in [4.78, 5) is 3.81. The molecule has 0 radical (unpaired) electrons. The van der Waals surface area contributed by atoms with Gasteiger partial charge in [0.25, 0.3) is 6.43 Å². The van der Waals surface area contributed by atoms with Crippen molar-refractivity contribution in [3.8, 4) is 0 Å². The van der Waals surface area contributed by atoms with Gasteiger partial charge in [-0.25, -0.2) is 13.8 Å². The molecule has 0 unspecified atom stereocenters. The van der Waals surface area contributed by atoms with Crippen molar-refractivity contribution in [3.05, 3.63) is 22.3 Å². The summed E-state index contributed by atoms with van der Waals surface area (Å²) in [5, 5.41) is 2.53. The van der Waals surface area contributed by atoms with Crippen LogP contribution in [0.1, 0.15) is 31.3 Å². The number of rotatable bonds is 4. The zero-order chi connectivity index (χ0) is 15.0. The van der Waals surface area contributed by atoms with E-state index < -0.39 is 18.0 Å². The normalized spacial score (nSPS) is 17.9. The fraction of sp³-hybridized carbons (Fsp3) is 0.583. The molecule has 8 heteroatoms. The van der Waals surface area contributed by atoms with Crippen LogP contribution in [0.2, 0.25) is 0 Å². The Bertz CT molecular complexity index is 485. The number of aromatic nitrogens is 1. The van der Waals surface area contributed by atoms with Gasteiger partial charge in [0.15, 0.2) is 0 Å². The smallest absolute Gasteiger partial charge is 0.369 e. The van der Waals surface area contributed by atoms with E-state index in [4.69, 9.17) is 0 Å². The lowest BCUT2D eigenvalue weighted by atomic mass is 9.68. The van der Waals surface area contributed by atoms with Crippen LogP contribution in [0.25, 0.3) is 0 Å². The van der Waals surface area contributed by atoms with Gasteiger partial charge in [-0.1, -0.05) is 6.42 Å².